The highest BCUT2D eigenvalue weighted by Gasteiger charge is 2.42. The molecule has 1 amide bonds. The monoisotopic (exact) mass is 345 g/mol. The van der Waals surface area contributed by atoms with Crippen LogP contribution in [0.2, 0.25) is 0 Å². The fourth-order valence-electron chi connectivity index (χ4n) is 2.91. The van der Waals surface area contributed by atoms with E-state index in [1.54, 1.807) is 4.90 Å². The summed E-state index contributed by atoms with van der Waals surface area (Å²) in [7, 11) is -3.08. The van der Waals surface area contributed by atoms with Crippen LogP contribution in [0.1, 0.15) is 29.6 Å². The number of alkyl halides is 2. The van der Waals surface area contributed by atoms with Gasteiger partial charge in [-0.15, -0.1) is 0 Å². The van der Waals surface area contributed by atoms with Crippen LogP contribution in [0.15, 0.2) is 24.3 Å². The smallest absolute Gasteiger partial charge is 0.387 e. The van der Waals surface area contributed by atoms with Gasteiger partial charge in [-0.1, -0.05) is 0 Å². The maximum Gasteiger partial charge on any atom is 0.387 e. The predicted molar refractivity (Wildman–Crippen MR) is 79.3 cm³/mol. The highest BCUT2D eigenvalue weighted by Crippen LogP contribution is 2.33. The Bertz CT molecular complexity index is 686. The van der Waals surface area contributed by atoms with Crippen LogP contribution in [0.4, 0.5) is 8.78 Å². The summed E-state index contributed by atoms with van der Waals surface area (Å²) in [6.07, 6.45) is 2.20. The summed E-state index contributed by atoms with van der Waals surface area (Å²) in [5.41, 5.74) is 0.350. The van der Waals surface area contributed by atoms with Gasteiger partial charge in [0.25, 0.3) is 5.91 Å². The van der Waals surface area contributed by atoms with Crippen molar-refractivity contribution in [2.24, 2.45) is 0 Å². The molecule has 23 heavy (non-hydrogen) atoms. The number of hydrogen-bond donors (Lipinski definition) is 0. The fraction of sp³-hybridized carbons (Fsp3) is 0.533. The van der Waals surface area contributed by atoms with Gasteiger partial charge in [0.05, 0.1) is 11.5 Å². The quantitative estimate of drug-likeness (QED) is 0.820. The molecule has 1 saturated carbocycles. The standard InChI is InChI=1S/C15H17F2NO4S/c16-15(17)22-13-5-1-10(2-6-13)14(19)18(11-3-4-11)12-7-8-23(20,21)9-12/h1-2,5-6,11-12,15H,3-4,7-9H2. The van der Waals surface area contributed by atoms with Crippen LogP contribution in [0.25, 0.3) is 0 Å². The Morgan fingerprint density at radius 3 is 2.26 bits per heavy atom. The molecule has 3 rings (SSSR count). The van der Waals surface area contributed by atoms with Crippen LogP contribution >= 0.6 is 0 Å². The van der Waals surface area contributed by atoms with Gasteiger partial charge in [-0.2, -0.15) is 8.78 Å². The maximum absolute atomic E-state index is 12.7. The summed E-state index contributed by atoms with van der Waals surface area (Å²) in [6.45, 7) is -2.91. The van der Waals surface area contributed by atoms with E-state index in [1.165, 1.54) is 24.3 Å². The molecular formula is C15H17F2NO4S. The number of halogens is 2. The third-order valence-electron chi connectivity index (χ3n) is 4.10. The van der Waals surface area contributed by atoms with Crippen LogP contribution in [-0.4, -0.2) is 49.4 Å². The van der Waals surface area contributed by atoms with Crippen molar-refractivity contribution in [3.05, 3.63) is 29.8 Å². The van der Waals surface area contributed by atoms with Gasteiger partial charge in [0.1, 0.15) is 5.75 Å². The van der Waals surface area contributed by atoms with Gasteiger partial charge in [-0.25, -0.2) is 8.42 Å². The molecule has 0 spiro atoms. The van der Waals surface area contributed by atoms with Gasteiger partial charge in [0.15, 0.2) is 9.84 Å². The van der Waals surface area contributed by atoms with Gasteiger partial charge in [-0.3, -0.25) is 4.79 Å². The van der Waals surface area contributed by atoms with Gasteiger partial charge in [0, 0.05) is 17.6 Å². The van der Waals surface area contributed by atoms with Crippen molar-refractivity contribution in [2.75, 3.05) is 11.5 Å². The van der Waals surface area contributed by atoms with Crippen LogP contribution in [0.5, 0.6) is 5.75 Å². The summed E-state index contributed by atoms with van der Waals surface area (Å²) in [4.78, 5) is 14.4. The molecule has 1 aromatic carbocycles. The number of carbonyl (C=O) groups is 1. The van der Waals surface area contributed by atoms with Crippen molar-refractivity contribution < 1.29 is 26.7 Å². The minimum Gasteiger partial charge on any atom is -0.435 e. The molecule has 1 aromatic rings. The summed E-state index contributed by atoms with van der Waals surface area (Å²) in [6, 6.07) is 5.28. The van der Waals surface area contributed by atoms with E-state index < -0.39 is 16.4 Å². The van der Waals surface area contributed by atoms with Crippen molar-refractivity contribution >= 4 is 15.7 Å². The van der Waals surface area contributed by atoms with Crippen LogP contribution < -0.4 is 4.74 Å². The molecule has 0 aromatic heterocycles. The second kappa shape index (κ2) is 6.07. The number of ether oxygens (including phenoxy) is 1. The summed E-state index contributed by atoms with van der Waals surface area (Å²) in [5.74, 6) is -0.159. The minimum atomic E-state index is -3.08. The van der Waals surface area contributed by atoms with Gasteiger partial charge < -0.3 is 9.64 Å². The lowest BCUT2D eigenvalue weighted by Crippen LogP contribution is -2.42. The van der Waals surface area contributed by atoms with E-state index >= 15 is 0 Å². The predicted octanol–water partition coefficient (Wildman–Crippen LogP) is 2.08. The molecule has 8 heteroatoms. The van der Waals surface area contributed by atoms with E-state index in [0.717, 1.165) is 12.8 Å². The second-order valence-corrected chi connectivity index (χ2v) is 8.13. The highest BCUT2D eigenvalue weighted by molar-refractivity contribution is 7.91. The number of hydrogen-bond acceptors (Lipinski definition) is 4. The van der Waals surface area contributed by atoms with E-state index in [-0.39, 0.29) is 35.2 Å². The Kier molecular flexibility index (Phi) is 4.27. The summed E-state index contributed by atoms with van der Waals surface area (Å²) in [5, 5.41) is 0. The van der Waals surface area contributed by atoms with E-state index in [9.17, 15) is 22.0 Å². The van der Waals surface area contributed by atoms with E-state index in [1.807, 2.05) is 0 Å². The van der Waals surface area contributed by atoms with Crippen LogP contribution in [0.3, 0.4) is 0 Å². The zero-order valence-electron chi connectivity index (χ0n) is 12.3. The average molecular weight is 345 g/mol. The lowest BCUT2D eigenvalue weighted by molar-refractivity contribution is -0.0498. The Morgan fingerprint density at radius 2 is 1.78 bits per heavy atom. The van der Waals surface area contributed by atoms with Crippen LogP contribution in [-0.2, 0) is 9.84 Å². The molecule has 1 aliphatic heterocycles. The number of rotatable bonds is 5. The topological polar surface area (TPSA) is 63.7 Å². The molecule has 5 nitrogen and oxygen atoms in total. The largest absolute Gasteiger partial charge is 0.435 e. The molecule has 0 N–H and O–H groups in total. The minimum absolute atomic E-state index is 0.00180. The zero-order chi connectivity index (χ0) is 16.6. The number of nitrogens with zero attached hydrogens (tertiary/aromatic N) is 1. The first-order valence-electron chi connectivity index (χ1n) is 7.44. The molecule has 1 saturated heterocycles. The van der Waals surface area contributed by atoms with Crippen molar-refractivity contribution in [3.8, 4) is 5.75 Å². The van der Waals surface area contributed by atoms with E-state index in [0.29, 0.717) is 12.0 Å². The third-order valence-corrected chi connectivity index (χ3v) is 5.85. The molecule has 0 bridgehead atoms. The first-order valence-corrected chi connectivity index (χ1v) is 9.26. The molecule has 1 atom stereocenters. The van der Waals surface area contributed by atoms with Crippen molar-refractivity contribution in [1.82, 2.24) is 4.90 Å². The van der Waals surface area contributed by atoms with Gasteiger partial charge in [-0.05, 0) is 43.5 Å². The molecule has 2 aliphatic rings. The zero-order valence-corrected chi connectivity index (χ0v) is 13.1. The average Bonchev–Trinajstić information content (AvgIpc) is 3.23. The molecule has 1 aliphatic carbocycles. The SMILES string of the molecule is O=C(c1ccc(OC(F)F)cc1)N(C1CC1)C1CCS(=O)(=O)C1. The van der Waals surface area contributed by atoms with Crippen molar-refractivity contribution in [3.63, 3.8) is 0 Å². The Balaban J connectivity index is 1.76. The van der Waals surface area contributed by atoms with Gasteiger partial charge in [0.2, 0.25) is 0 Å². The number of amides is 1. The van der Waals surface area contributed by atoms with E-state index in [2.05, 4.69) is 4.74 Å². The first-order chi connectivity index (χ1) is 10.9. The first kappa shape index (κ1) is 16.2. The lowest BCUT2D eigenvalue weighted by atomic mass is 10.1. The Hall–Kier alpha value is -1.70. The number of carbonyl (C=O) groups excluding carboxylic acids is 1. The molecule has 0 radical (unpaired) electrons. The number of sulfone groups is 1. The van der Waals surface area contributed by atoms with Crippen LogP contribution in [0, 0.1) is 0 Å². The summed E-state index contributed by atoms with van der Waals surface area (Å²) >= 11 is 0. The third kappa shape index (κ3) is 3.80. The van der Waals surface area contributed by atoms with Crippen molar-refractivity contribution in [1.29, 1.82) is 0 Å². The highest BCUT2D eigenvalue weighted by atomic mass is 32.2. The molecule has 1 unspecified atom stereocenters. The van der Waals surface area contributed by atoms with E-state index in [4.69, 9.17) is 0 Å². The lowest BCUT2D eigenvalue weighted by Gasteiger charge is -2.28. The normalized spacial score (nSPS) is 23.0. The van der Waals surface area contributed by atoms with Gasteiger partial charge >= 0.3 is 6.61 Å². The molecule has 2 fully saturated rings. The summed E-state index contributed by atoms with van der Waals surface area (Å²) < 4.78 is 51.9. The Morgan fingerprint density at radius 1 is 1.13 bits per heavy atom. The molecule has 126 valence electrons. The second-order valence-electron chi connectivity index (χ2n) is 5.90. The van der Waals surface area contributed by atoms with Crippen molar-refractivity contribution in [2.45, 2.75) is 38.0 Å². The number of benzene rings is 1. The fourth-order valence-corrected chi connectivity index (χ4v) is 4.62. The maximum atomic E-state index is 12.7. The molecule has 1 heterocycles. The molecular weight excluding hydrogens is 328 g/mol. The Labute approximate surface area is 133 Å².